The molecule has 0 saturated heterocycles. The van der Waals surface area contributed by atoms with E-state index in [0.29, 0.717) is 9.35 Å². The second kappa shape index (κ2) is 4.60. The zero-order valence-corrected chi connectivity index (χ0v) is 12.0. The minimum atomic E-state index is -0.913. The monoisotopic (exact) mass is 300 g/mol. The third kappa shape index (κ3) is 3.10. The van der Waals surface area contributed by atoms with Crippen LogP contribution >= 0.6 is 27.3 Å². The number of hydrogen-bond acceptors (Lipinski definition) is 2. The van der Waals surface area contributed by atoms with Gasteiger partial charge >= 0.3 is 5.97 Å². The van der Waals surface area contributed by atoms with Crippen molar-refractivity contribution in [3.63, 3.8) is 0 Å². The van der Waals surface area contributed by atoms with Crippen molar-refractivity contribution in [1.29, 1.82) is 0 Å². The summed E-state index contributed by atoms with van der Waals surface area (Å²) in [5.74, 6) is 5.24. The van der Waals surface area contributed by atoms with Crippen LogP contribution in [0.4, 0.5) is 0 Å². The van der Waals surface area contributed by atoms with E-state index in [9.17, 15) is 4.79 Å². The second-order valence-electron chi connectivity index (χ2n) is 4.50. The van der Waals surface area contributed by atoms with Crippen LogP contribution in [0.25, 0.3) is 0 Å². The van der Waals surface area contributed by atoms with Gasteiger partial charge in [-0.1, -0.05) is 11.8 Å². The summed E-state index contributed by atoms with van der Waals surface area (Å²) in [6.07, 6.45) is 0. The Morgan fingerprint density at radius 1 is 1.44 bits per heavy atom. The molecular formula is C12H13BrO2S. The van der Waals surface area contributed by atoms with Crippen molar-refractivity contribution in [1.82, 2.24) is 0 Å². The van der Waals surface area contributed by atoms with E-state index in [4.69, 9.17) is 5.11 Å². The fourth-order valence-corrected chi connectivity index (χ4v) is 2.63. The molecule has 0 aliphatic heterocycles. The molecule has 2 nitrogen and oxygen atoms in total. The quantitative estimate of drug-likeness (QED) is 0.798. The maximum atomic E-state index is 10.9. The van der Waals surface area contributed by atoms with Crippen LogP contribution in [0, 0.1) is 24.2 Å². The molecule has 0 aliphatic carbocycles. The molecule has 1 rings (SSSR count). The number of hydrogen-bond donors (Lipinski definition) is 1. The van der Waals surface area contributed by atoms with Crippen LogP contribution in [-0.4, -0.2) is 11.1 Å². The third-order valence-electron chi connectivity index (χ3n) is 1.82. The molecule has 0 spiro atoms. The summed E-state index contributed by atoms with van der Waals surface area (Å²) in [7, 11) is 0. The van der Waals surface area contributed by atoms with Gasteiger partial charge in [0.15, 0.2) is 0 Å². The van der Waals surface area contributed by atoms with Gasteiger partial charge in [0, 0.05) is 9.89 Å². The summed E-state index contributed by atoms with van der Waals surface area (Å²) in [5.41, 5.74) is 0.825. The maximum absolute atomic E-state index is 10.9. The first-order chi connectivity index (χ1) is 7.22. The molecule has 0 unspecified atom stereocenters. The molecule has 0 fully saturated rings. The van der Waals surface area contributed by atoms with Gasteiger partial charge in [-0.05, 0) is 49.2 Å². The highest BCUT2D eigenvalue weighted by atomic mass is 79.9. The fourth-order valence-electron chi connectivity index (χ4n) is 0.994. The van der Waals surface area contributed by atoms with Gasteiger partial charge in [0.05, 0.1) is 4.88 Å². The standard InChI is InChI=1S/C12H13BrO2S/c1-7-8(5-6-12(2,3)4)16-10(9(7)13)11(14)15/h1-4H3,(H,14,15). The van der Waals surface area contributed by atoms with Crippen LogP contribution in [0.2, 0.25) is 0 Å². The molecule has 0 radical (unpaired) electrons. The SMILES string of the molecule is Cc1c(C#CC(C)(C)C)sc(C(=O)O)c1Br. The first-order valence-corrected chi connectivity index (χ1v) is 6.38. The van der Waals surface area contributed by atoms with Crippen LogP contribution in [0.1, 0.15) is 40.9 Å². The van der Waals surface area contributed by atoms with Crippen LogP contribution in [-0.2, 0) is 0 Å². The summed E-state index contributed by atoms with van der Waals surface area (Å²) < 4.78 is 0.642. The van der Waals surface area contributed by atoms with Crippen LogP contribution < -0.4 is 0 Å². The summed E-state index contributed by atoms with van der Waals surface area (Å²) >= 11 is 4.50. The zero-order valence-electron chi connectivity index (χ0n) is 9.64. The summed E-state index contributed by atoms with van der Waals surface area (Å²) in [6, 6.07) is 0. The molecule has 0 aromatic carbocycles. The maximum Gasteiger partial charge on any atom is 0.347 e. The van der Waals surface area contributed by atoms with Crippen molar-refractivity contribution < 1.29 is 9.90 Å². The number of halogens is 1. The Balaban J connectivity index is 3.21. The highest BCUT2D eigenvalue weighted by Crippen LogP contribution is 2.32. The molecule has 4 heteroatoms. The topological polar surface area (TPSA) is 37.3 Å². The number of carboxylic acids is 1. The third-order valence-corrected chi connectivity index (χ3v) is 4.27. The zero-order chi connectivity index (χ0) is 12.5. The normalized spacial score (nSPS) is 10.8. The van der Waals surface area contributed by atoms with E-state index in [2.05, 4.69) is 27.8 Å². The molecule has 0 aliphatic rings. The van der Waals surface area contributed by atoms with Crippen LogP contribution in [0.3, 0.4) is 0 Å². The Labute approximate surface area is 108 Å². The van der Waals surface area contributed by atoms with E-state index in [1.165, 1.54) is 11.3 Å². The second-order valence-corrected chi connectivity index (χ2v) is 6.32. The molecule has 0 bridgehead atoms. The van der Waals surface area contributed by atoms with Crippen molar-refractivity contribution in [3.8, 4) is 11.8 Å². The largest absolute Gasteiger partial charge is 0.477 e. The van der Waals surface area contributed by atoms with E-state index in [1.54, 1.807) is 0 Å². The Morgan fingerprint density at radius 2 is 2.00 bits per heavy atom. The Hall–Kier alpha value is -0.790. The predicted molar refractivity (Wildman–Crippen MR) is 70.0 cm³/mol. The number of rotatable bonds is 1. The average molecular weight is 301 g/mol. The van der Waals surface area contributed by atoms with Crippen LogP contribution in [0.5, 0.6) is 0 Å². The van der Waals surface area contributed by atoms with E-state index >= 15 is 0 Å². The lowest BCUT2D eigenvalue weighted by Crippen LogP contribution is -1.99. The van der Waals surface area contributed by atoms with Gasteiger partial charge in [0.1, 0.15) is 4.88 Å². The molecule has 0 saturated carbocycles. The Kier molecular flexibility index (Phi) is 3.82. The smallest absolute Gasteiger partial charge is 0.347 e. The van der Waals surface area contributed by atoms with Gasteiger partial charge in [-0.25, -0.2) is 4.79 Å². The Morgan fingerprint density at radius 3 is 2.38 bits per heavy atom. The number of carbonyl (C=O) groups is 1. The van der Waals surface area contributed by atoms with Gasteiger partial charge in [-0.15, -0.1) is 11.3 Å². The minimum absolute atomic E-state index is 0.0771. The van der Waals surface area contributed by atoms with Gasteiger partial charge in [0.25, 0.3) is 0 Å². The molecule has 0 atom stereocenters. The van der Waals surface area contributed by atoms with Crippen LogP contribution in [0.15, 0.2) is 4.47 Å². The summed E-state index contributed by atoms with van der Waals surface area (Å²) in [5, 5.41) is 8.96. The molecular weight excluding hydrogens is 288 g/mol. The van der Waals surface area contributed by atoms with Crippen molar-refractivity contribution in [2.45, 2.75) is 27.7 Å². The van der Waals surface area contributed by atoms with E-state index in [-0.39, 0.29) is 5.41 Å². The highest BCUT2D eigenvalue weighted by molar-refractivity contribution is 9.10. The van der Waals surface area contributed by atoms with E-state index < -0.39 is 5.97 Å². The molecule has 1 aromatic heterocycles. The molecule has 1 N–H and O–H groups in total. The fraction of sp³-hybridized carbons (Fsp3) is 0.417. The first kappa shape index (κ1) is 13.3. The van der Waals surface area contributed by atoms with Crippen molar-refractivity contribution in [2.24, 2.45) is 5.41 Å². The van der Waals surface area contributed by atoms with Gasteiger partial charge < -0.3 is 5.11 Å². The molecule has 16 heavy (non-hydrogen) atoms. The number of carboxylic acid groups (broad SMARTS) is 1. The lowest BCUT2D eigenvalue weighted by Gasteiger charge is -2.06. The predicted octanol–water partition coefficient (Wildman–Crippen LogP) is 3.91. The Bertz CT molecular complexity index is 484. The van der Waals surface area contributed by atoms with Crippen molar-refractivity contribution >= 4 is 33.2 Å². The highest BCUT2D eigenvalue weighted by Gasteiger charge is 2.17. The average Bonchev–Trinajstić information content (AvgIpc) is 2.40. The van der Waals surface area contributed by atoms with Gasteiger partial charge in [-0.3, -0.25) is 0 Å². The first-order valence-electron chi connectivity index (χ1n) is 4.77. The van der Waals surface area contributed by atoms with E-state index in [1.807, 2.05) is 27.7 Å². The van der Waals surface area contributed by atoms with E-state index in [0.717, 1.165) is 10.4 Å². The molecule has 86 valence electrons. The van der Waals surface area contributed by atoms with Gasteiger partial charge in [0.2, 0.25) is 0 Å². The summed E-state index contributed by atoms with van der Waals surface area (Å²) in [4.78, 5) is 12.1. The lowest BCUT2D eigenvalue weighted by molar-refractivity contribution is 0.0701. The minimum Gasteiger partial charge on any atom is -0.477 e. The molecule has 1 aromatic rings. The molecule has 0 amide bonds. The number of aromatic carboxylic acids is 1. The lowest BCUT2D eigenvalue weighted by atomic mass is 9.98. The summed E-state index contributed by atoms with van der Waals surface area (Å²) in [6.45, 7) is 7.95. The number of thiophene rings is 1. The van der Waals surface area contributed by atoms with Crippen molar-refractivity contribution in [2.75, 3.05) is 0 Å². The van der Waals surface area contributed by atoms with Gasteiger partial charge in [-0.2, -0.15) is 0 Å². The van der Waals surface area contributed by atoms with Crippen molar-refractivity contribution in [3.05, 3.63) is 19.8 Å². The molecule has 1 heterocycles.